The number of rotatable bonds is 13. The number of imidazole rings is 1. The second kappa shape index (κ2) is 16.3. The quantitative estimate of drug-likeness (QED) is 0.262. The Labute approximate surface area is 252 Å². The number of allylic oxidation sites excluding steroid dienone is 2. The molecule has 1 amide bonds. The van der Waals surface area contributed by atoms with Gasteiger partial charge in [-0.25, -0.2) is 18.9 Å². The molecule has 0 aliphatic carbocycles. The summed E-state index contributed by atoms with van der Waals surface area (Å²) in [6, 6.07) is 0.0331. The summed E-state index contributed by atoms with van der Waals surface area (Å²) in [5, 5.41) is 11.7. The topological polar surface area (TPSA) is 93.4 Å². The highest BCUT2D eigenvalue weighted by molar-refractivity contribution is 5.79. The van der Waals surface area contributed by atoms with E-state index in [0.29, 0.717) is 49.1 Å². The summed E-state index contributed by atoms with van der Waals surface area (Å²) < 4.78 is 23.3. The Balaban J connectivity index is 0.00000237. The smallest absolute Gasteiger partial charge is 0.251 e. The van der Waals surface area contributed by atoms with Gasteiger partial charge >= 0.3 is 0 Å². The van der Waals surface area contributed by atoms with Gasteiger partial charge in [0, 0.05) is 37.6 Å². The first-order valence-corrected chi connectivity index (χ1v) is 16.5. The first-order chi connectivity index (χ1) is 20.2. The van der Waals surface area contributed by atoms with Gasteiger partial charge < -0.3 is 15.4 Å². The van der Waals surface area contributed by atoms with E-state index in [1.807, 2.05) is 20.0 Å². The van der Waals surface area contributed by atoms with Gasteiger partial charge in [0.15, 0.2) is 0 Å². The Bertz CT molecular complexity index is 1160. The number of nitrogens with one attached hydrogen (secondary N) is 2. The number of hydrogen-bond donors (Lipinski definition) is 2. The maximum atomic E-state index is 15.8. The molecule has 2 fully saturated rings. The summed E-state index contributed by atoms with van der Waals surface area (Å²) in [7, 11) is 0. The molecule has 2 saturated heterocycles. The van der Waals surface area contributed by atoms with Gasteiger partial charge in [-0.2, -0.15) is 5.10 Å². The van der Waals surface area contributed by atoms with Crippen molar-refractivity contribution < 1.29 is 13.9 Å². The van der Waals surface area contributed by atoms with E-state index in [4.69, 9.17) is 19.8 Å². The van der Waals surface area contributed by atoms with Crippen LogP contribution < -0.4 is 10.6 Å². The standard InChI is InChI=1S/C31H49FN6O2.C2H6/c1-6-11-23(8-3)34-25(14-9-12-21(4)7-2)27-19-38-30(35-27)36-28(24-20-40-17-15-31(24,5)32)26(37-38)18-22-13-10-16-33-29(22)39;1-2/h11,19,21-22,24-25,34H,6-10,12-18,20H2,1-5H3,(H,33,39);1-2H3/b23-11-;. The minimum Gasteiger partial charge on any atom is -0.381 e. The summed E-state index contributed by atoms with van der Waals surface area (Å²) in [5.41, 5.74) is 1.88. The number of aromatic nitrogens is 4. The van der Waals surface area contributed by atoms with Crippen LogP contribution in [0.1, 0.15) is 135 Å². The lowest BCUT2D eigenvalue weighted by atomic mass is 9.82. The first-order valence-electron chi connectivity index (χ1n) is 16.5. The number of alkyl halides is 1. The van der Waals surface area contributed by atoms with Crippen molar-refractivity contribution in [2.75, 3.05) is 19.8 Å². The normalized spacial score (nSPS) is 24.5. The highest BCUT2D eigenvalue weighted by atomic mass is 19.1. The van der Waals surface area contributed by atoms with Gasteiger partial charge in [-0.1, -0.05) is 66.9 Å². The Morgan fingerprint density at radius 3 is 2.74 bits per heavy atom. The molecule has 5 atom stereocenters. The van der Waals surface area contributed by atoms with Crippen molar-refractivity contribution in [3.63, 3.8) is 0 Å². The molecule has 2 N–H and O–H groups in total. The predicted molar refractivity (Wildman–Crippen MR) is 167 cm³/mol. The lowest BCUT2D eigenvalue weighted by molar-refractivity contribution is -0.126. The molecule has 0 aromatic carbocycles. The van der Waals surface area contributed by atoms with E-state index in [-0.39, 0.29) is 24.5 Å². The molecule has 0 radical (unpaired) electrons. The molecular weight excluding hydrogens is 531 g/mol. The highest BCUT2D eigenvalue weighted by Crippen LogP contribution is 2.39. The number of hydrogen-bond acceptors (Lipinski definition) is 6. The van der Waals surface area contributed by atoms with Gasteiger partial charge in [-0.3, -0.25) is 4.79 Å². The molecular formula is C33H55FN6O2. The number of nitrogens with zero attached hydrogens (tertiary/aromatic N) is 4. The number of carbonyl (C=O) groups is 1. The molecule has 236 valence electrons. The minimum absolute atomic E-state index is 0.0331. The number of halogens is 1. The number of piperidine rings is 1. The van der Waals surface area contributed by atoms with Crippen LogP contribution in [0.3, 0.4) is 0 Å². The fourth-order valence-electron chi connectivity index (χ4n) is 5.87. The van der Waals surface area contributed by atoms with Crippen molar-refractivity contribution >= 4 is 11.7 Å². The third-order valence-electron chi connectivity index (χ3n) is 8.78. The van der Waals surface area contributed by atoms with E-state index in [9.17, 15) is 4.79 Å². The lowest BCUT2D eigenvalue weighted by Gasteiger charge is -2.35. The second-order valence-corrected chi connectivity index (χ2v) is 12.0. The van der Waals surface area contributed by atoms with Crippen molar-refractivity contribution in [2.45, 2.75) is 130 Å². The van der Waals surface area contributed by atoms with Gasteiger partial charge in [-0.15, -0.1) is 0 Å². The average Bonchev–Trinajstić information content (AvgIpc) is 3.40. The zero-order valence-electron chi connectivity index (χ0n) is 27.1. The van der Waals surface area contributed by atoms with E-state index in [0.717, 1.165) is 44.2 Å². The van der Waals surface area contributed by atoms with Crippen LogP contribution in [0.2, 0.25) is 0 Å². The van der Waals surface area contributed by atoms with Crippen LogP contribution in [0.5, 0.6) is 0 Å². The van der Waals surface area contributed by atoms with Gasteiger partial charge in [0.2, 0.25) is 5.91 Å². The maximum Gasteiger partial charge on any atom is 0.251 e. The van der Waals surface area contributed by atoms with Crippen LogP contribution in [0, 0.1) is 11.8 Å². The predicted octanol–water partition coefficient (Wildman–Crippen LogP) is 7.00. The third kappa shape index (κ3) is 8.74. The van der Waals surface area contributed by atoms with Gasteiger partial charge in [0.1, 0.15) is 5.67 Å². The van der Waals surface area contributed by atoms with E-state index in [1.165, 1.54) is 18.5 Å². The minimum atomic E-state index is -1.47. The Morgan fingerprint density at radius 1 is 1.29 bits per heavy atom. The number of ether oxygens (including phenoxy) is 1. The van der Waals surface area contributed by atoms with Crippen molar-refractivity contribution in [1.82, 2.24) is 30.2 Å². The van der Waals surface area contributed by atoms with Crippen molar-refractivity contribution in [3.05, 3.63) is 35.1 Å². The summed E-state index contributed by atoms with van der Waals surface area (Å²) in [6.45, 7) is 15.8. The molecule has 4 heterocycles. The van der Waals surface area contributed by atoms with E-state index >= 15 is 4.39 Å². The van der Waals surface area contributed by atoms with Crippen LogP contribution in [-0.2, 0) is 16.0 Å². The number of amides is 1. The molecule has 2 aromatic rings. The summed E-state index contributed by atoms with van der Waals surface area (Å²) in [4.78, 5) is 22.5. The molecule has 9 heteroatoms. The molecule has 0 bridgehead atoms. The zero-order valence-corrected chi connectivity index (χ0v) is 27.1. The summed E-state index contributed by atoms with van der Waals surface area (Å²) >= 11 is 0. The molecule has 4 rings (SSSR count). The Kier molecular flexibility index (Phi) is 13.2. The van der Waals surface area contributed by atoms with Crippen LogP contribution in [-0.4, -0.2) is 50.9 Å². The Morgan fingerprint density at radius 2 is 2.07 bits per heavy atom. The van der Waals surface area contributed by atoms with Gasteiger partial charge in [-0.05, 0) is 44.9 Å². The zero-order chi connectivity index (χ0) is 30.7. The summed E-state index contributed by atoms with van der Waals surface area (Å²) in [5.74, 6) is 0.447. The molecule has 5 unspecified atom stereocenters. The SMILES string of the molecule is CC.CC/C=C(/CC)NC(CCCC(C)CC)c1cn2nc(CC3CCCNC3=O)c(C3COCCC3(C)F)nc2n1. The van der Waals surface area contributed by atoms with Gasteiger partial charge in [0.05, 0.1) is 41.8 Å². The van der Waals surface area contributed by atoms with Crippen LogP contribution in [0.4, 0.5) is 4.39 Å². The average molecular weight is 587 g/mol. The van der Waals surface area contributed by atoms with Crippen molar-refractivity contribution in [3.8, 4) is 0 Å². The van der Waals surface area contributed by atoms with E-state index in [1.54, 1.807) is 11.4 Å². The fourth-order valence-corrected chi connectivity index (χ4v) is 5.87. The Hall–Kier alpha value is -2.55. The molecule has 8 nitrogen and oxygen atoms in total. The number of carbonyl (C=O) groups excluding carboxylic acids is 1. The van der Waals surface area contributed by atoms with Crippen molar-refractivity contribution in [1.29, 1.82) is 0 Å². The van der Waals surface area contributed by atoms with E-state index in [2.05, 4.69) is 44.4 Å². The number of fused-ring (bicyclic) bond motifs is 1. The molecule has 2 aliphatic rings. The van der Waals surface area contributed by atoms with Crippen LogP contribution in [0.25, 0.3) is 5.78 Å². The largest absolute Gasteiger partial charge is 0.381 e. The second-order valence-electron chi connectivity index (χ2n) is 12.0. The molecule has 0 saturated carbocycles. The van der Waals surface area contributed by atoms with Crippen molar-refractivity contribution in [2.24, 2.45) is 11.8 Å². The first kappa shape index (κ1) is 33.9. The van der Waals surface area contributed by atoms with Crippen LogP contribution in [0.15, 0.2) is 18.0 Å². The molecule has 0 spiro atoms. The van der Waals surface area contributed by atoms with Gasteiger partial charge in [0.25, 0.3) is 5.78 Å². The lowest BCUT2D eigenvalue weighted by Crippen LogP contribution is -2.40. The summed E-state index contributed by atoms with van der Waals surface area (Å²) in [6.07, 6.45) is 13.0. The molecule has 2 aromatic heterocycles. The highest BCUT2D eigenvalue weighted by Gasteiger charge is 2.42. The third-order valence-corrected chi connectivity index (χ3v) is 8.78. The molecule has 2 aliphatic heterocycles. The van der Waals surface area contributed by atoms with E-state index < -0.39 is 11.6 Å². The van der Waals surface area contributed by atoms with Crippen LogP contribution >= 0.6 is 0 Å². The fraction of sp³-hybridized carbons (Fsp3) is 0.758. The molecule has 42 heavy (non-hydrogen) atoms. The maximum absolute atomic E-state index is 15.8. The monoisotopic (exact) mass is 586 g/mol.